The summed E-state index contributed by atoms with van der Waals surface area (Å²) in [6.45, 7) is 3.61. The summed E-state index contributed by atoms with van der Waals surface area (Å²) < 4.78 is 35.2. The average Bonchev–Trinajstić information content (AvgIpc) is 2.52. The van der Waals surface area contributed by atoms with Crippen molar-refractivity contribution in [2.45, 2.75) is 11.0 Å². The SMILES string of the molecule is COc1cccc(S(=O)(=O)CCNC[C@@H]2CN(C)CCO2)c1. The summed E-state index contributed by atoms with van der Waals surface area (Å²) in [6.07, 6.45) is 0.123. The van der Waals surface area contributed by atoms with Gasteiger partial charge in [-0.05, 0) is 25.2 Å². The minimum atomic E-state index is -3.30. The molecule has 1 saturated heterocycles. The zero-order chi connectivity index (χ0) is 16.0. The van der Waals surface area contributed by atoms with Gasteiger partial charge in [-0.25, -0.2) is 8.42 Å². The third kappa shape index (κ3) is 4.95. The van der Waals surface area contributed by atoms with Crippen LogP contribution in [0.4, 0.5) is 0 Å². The van der Waals surface area contributed by atoms with Crippen LogP contribution in [0.5, 0.6) is 5.75 Å². The summed E-state index contributed by atoms with van der Waals surface area (Å²) in [6, 6.07) is 6.56. The summed E-state index contributed by atoms with van der Waals surface area (Å²) in [7, 11) is 0.280. The molecule has 0 aliphatic carbocycles. The molecular weight excluding hydrogens is 304 g/mol. The van der Waals surface area contributed by atoms with Gasteiger partial charge in [0.05, 0.1) is 30.5 Å². The maximum absolute atomic E-state index is 12.3. The van der Waals surface area contributed by atoms with E-state index in [4.69, 9.17) is 9.47 Å². The van der Waals surface area contributed by atoms with E-state index in [2.05, 4.69) is 17.3 Å². The van der Waals surface area contributed by atoms with E-state index in [1.807, 2.05) is 0 Å². The maximum atomic E-state index is 12.3. The van der Waals surface area contributed by atoms with E-state index in [1.165, 1.54) is 7.11 Å². The van der Waals surface area contributed by atoms with Gasteiger partial charge >= 0.3 is 0 Å². The number of rotatable bonds is 7. The number of hydrogen-bond donors (Lipinski definition) is 1. The minimum absolute atomic E-state index is 0.0583. The fourth-order valence-corrected chi connectivity index (χ4v) is 3.60. The fraction of sp³-hybridized carbons (Fsp3) is 0.600. The van der Waals surface area contributed by atoms with Gasteiger partial charge < -0.3 is 19.7 Å². The second-order valence-electron chi connectivity index (χ2n) is 5.46. The molecular formula is C15H24N2O4S. The lowest BCUT2D eigenvalue weighted by Gasteiger charge is -2.30. The third-order valence-corrected chi connectivity index (χ3v) is 5.38. The smallest absolute Gasteiger partial charge is 0.179 e. The summed E-state index contributed by atoms with van der Waals surface area (Å²) >= 11 is 0. The van der Waals surface area contributed by atoms with Crippen LogP contribution in [0.1, 0.15) is 0 Å². The lowest BCUT2D eigenvalue weighted by molar-refractivity contribution is -0.0178. The van der Waals surface area contributed by atoms with Gasteiger partial charge in [0, 0.05) is 26.2 Å². The molecule has 0 amide bonds. The summed E-state index contributed by atoms with van der Waals surface area (Å²) in [4.78, 5) is 2.50. The molecule has 0 bridgehead atoms. The number of morpholine rings is 1. The van der Waals surface area contributed by atoms with Gasteiger partial charge in [0.1, 0.15) is 5.75 Å². The first-order chi connectivity index (χ1) is 10.5. The lowest BCUT2D eigenvalue weighted by Crippen LogP contribution is -2.45. The summed E-state index contributed by atoms with van der Waals surface area (Å²) in [5.41, 5.74) is 0. The number of likely N-dealkylation sites (N-methyl/N-ethyl adjacent to an activating group) is 1. The monoisotopic (exact) mass is 328 g/mol. The van der Waals surface area contributed by atoms with Gasteiger partial charge in [-0.2, -0.15) is 0 Å². The van der Waals surface area contributed by atoms with E-state index in [-0.39, 0.29) is 11.9 Å². The van der Waals surface area contributed by atoms with Gasteiger partial charge in [-0.15, -0.1) is 0 Å². The Morgan fingerprint density at radius 2 is 2.27 bits per heavy atom. The van der Waals surface area contributed by atoms with Gasteiger partial charge in [0.2, 0.25) is 0 Å². The molecule has 1 aliphatic heterocycles. The van der Waals surface area contributed by atoms with Crippen LogP contribution in [0, 0.1) is 0 Å². The molecule has 22 heavy (non-hydrogen) atoms. The fourth-order valence-electron chi connectivity index (χ4n) is 2.37. The highest BCUT2D eigenvalue weighted by Gasteiger charge is 2.18. The van der Waals surface area contributed by atoms with Crippen LogP contribution in [0.3, 0.4) is 0 Å². The van der Waals surface area contributed by atoms with Crippen molar-refractivity contribution in [3.05, 3.63) is 24.3 Å². The Bertz CT molecular complexity index is 577. The predicted octanol–water partition coefficient (Wildman–Crippen LogP) is 0.389. The van der Waals surface area contributed by atoms with E-state index >= 15 is 0 Å². The van der Waals surface area contributed by atoms with Crippen LogP contribution in [0.2, 0.25) is 0 Å². The molecule has 0 aromatic heterocycles. The molecule has 0 radical (unpaired) electrons. The van der Waals surface area contributed by atoms with E-state index < -0.39 is 9.84 Å². The molecule has 0 spiro atoms. The molecule has 7 heteroatoms. The van der Waals surface area contributed by atoms with Crippen molar-refractivity contribution < 1.29 is 17.9 Å². The van der Waals surface area contributed by atoms with Crippen molar-refractivity contribution in [3.63, 3.8) is 0 Å². The van der Waals surface area contributed by atoms with Crippen molar-refractivity contribution >= 4 is 9.84 Å². The molecule has 2 rings (SSSR count). The average molecular weight is 328 g/mol. The molecule has 1 heterocycles. The Labute approximate surface area is 132 Å². The van der Waals surface area contributed by atoms with Crippen molar-refractivity contribution in [3.8, 4) is 5.75 Å². The van der Waals surface area contributed by atoms with E-state index in [0.29, 0.717) is 23.7 Å². The number of ether oxygens (including phenoxy) is 2. The number of methoxy groups -OCH3 is 1. The largest absolute Gasteiger partial charge is 0.497 e. The van der Waals surface area contributed by atoms with E-state index in [0.717, 1.165) is 19.7 Å². The first kappa shape index (κ1) is 17.2. The molecule has 1 aromatic rings. The van der Waals surface area contributed by atoms with E-state index in [1.54, 1.807) is 24.3 Å². The minimum Gasteiger partial charge on any atom is -0.497 e. The van der Waals surface area contributed by atoms with Crippen LogP contribution >= 0.6 is 0 Å². The standard InChI is InChI=1S/C15H24N2O4S/c1-17-7-8-21-14(12-17)11-16-6-9-22(18,19)15-5-3-4-13(10-15)20-2/h3-5,10,14,16H,6-9,11-12H2,1-2H3/t14-/m1/s1. The topological polar surface area (TPSA) is 67.9 Å². The number of hydrogen-bond acceptors (Lipinski definition) is 6. The molecule has 1 fully saturated rings. The lowest BCUT2D eigenvalue weighted by atomic mass is 10.3. The van der Waals surface area contributed by atoms with Gasteiger partial charge in [-0.1, -0.05) is 6.07 Å². The highest BCUT2D eigenvalue weighted by Crippen LogP contribution is 2.17. The van der Waals surface area contributed by atoms with Gasteiger partial charge in [0.15, 0.2) is 9.84 Å². The number of sulfone groups is 1. The van der Waals surface area contributed by atoms with Crippen LogP contribution in [0.15, 0.2) is 29.2 Å². The van der Waals surface area contributed by atoms with Crippen LogP contribution in [-0.2, 0) is 14.6 Å². The highest BCUT2D eigenvalue weighted by molar-refractivity contribution is 7.91. The van der Waals surface area contributed by atoms with E-state index in [9.17, 15) is 8.42 Å². The third-order valence-electron chi connectivity index (χ3n) is 3.66. The summed E-state index contributed by atoms with van der Waals surface area (Å²) in [5, 5.41) is 3.17. The second-order valence-corrected chi connectivity index (χ2v) is 7.57. The molecule has 6 nitrogen and oxygen atoms in total. The number of benzene rings is 1. The Balaban J connectivity index is 1.80. The predicted molar refractivity (Wildman–Crippen MR) is 85.2 cm³/mol. The van der Waals surface area contributed by atoms with Gasteiger partial charge in [0.25, 0.3) is 0 Å². The van der Waals surface area contributed by atoms with Gasteiger partial charge in [-0.3, -0.25) is 0 Å². The first-order valence-electron chi connectivity index (χ1n) is 7.39. The Kier molecular flexibility index (Phi) is 6.19. The van der Waals surface area contributed by atoms with Crippen molar-refractivity contribution in [2.24, 2.45) is 0 Å². The molecule has 1 N–H and O–H groups in total. The second kappa shape index (κ2) is 7.92. The molecule has 1 aromatic carbocycles. The Hall–Kier alpha value is -1.15. The zero-order valence-electron chi connectivity index (χ0n) is 13.1. The molecule has 1 aliphatic rings. The quantitative estimate of drug-likeness (QED) is 0.730. The van der Waals surface area contributed by atoms with Crippen molar-refractivity contribution in [2.75, 3.05) is 52.7 Å². The maximum Gasteiger partial charge on any atom is 0.179 e. The Morgan fingerprint density at radius 3 is 3.00 bits per heavy atom. The molecule has 0 saturated carbocycles. The number of nitrogens with zero attached hydrogens (tertiary/aromatic N) is 1. The summed E-state index contributed by atoms with van der Waals surface area (Å²) in [5.74, 6) is 0.607. The molecule has 124 valence electrons. The highest BCUT2D eigenvalue weighted by atomic mass is 32.2. The normalized spacial score (nSPS) is 20.0. The molecule has 0 unspecified atom stereocenters. The Morgan fingerprint density at radius 1 is 1.45 bits per heavy atom. The zero-order valence-corrected chi connectivity index (χ0v) is 13.9. The van der Waals surface area contributed by atoms with Crippen LogP contribution in [0.25, 0.3) is 0 Å². The van der Waals surface area contributed by atoms with Crippen molar-refractivity contribution in [1.82, 2.24) is 10.2 Å². The first-order valence-corrected chi connectivity index (χ1v) is 9.04. The van der Waals surface area contributed by atoms with Crippen LogP contribution in [-0.4, -0.2) is 72.1 Å². The van der Waals surface area contributed by atoms with Crippen LogP contribution < -0.4 is 10.1 Å². The van der Waals surface area contributed by atoms with Crippen molar-refractivity contribution in [1.29, 1.82) is 0 Å². The molecule has 1 atom stereocenters. The number of nitrogens with one attached hydrogen (secondary N) is 1.